The smallest absolute Gasteiger partial charge is 0.0617 e. The predicted molar refractivity (Wildman–Crippen MR) is 76.0 cm³/mol. The van der Waals surface area contributed by atoms with Crippen LogP contribution < -0.4 is 10.6 Å². The SMILES string of the molecule is CCc1ccc(N(C)C2(CN)CC(OC)C2)cc1. The molecule has 100 valence electrons. The summed E-state index contributed by atoms with van der Waals surface area (Å²) in [4.78, 5) is 2.32. The predicted octanol–water partition coefficient (Wildman–Crippen LogP) is 2.19. The molecule has 0 aromatic heterocycles. The maximum absolute atomic E-state index is 5.98. The van der Waals surface area contributed by atoms with Crippen molar-refractivity contribution >= 4 is 5.69 Å². The Kier molecular flexibility index (Phi) is 3.93. The van der Waals surface area contributed by atoms with Crippen LogP contribution in [0.1, 0.15) is 25.3 Å². The molecule has 1 aliphatic rings. The van der Waals surface area contributed by atoms with Crippen LogP contribution in [0.25, 0.3) is 0 Å². The third-order valence-corrected chi connectivity index (χ3v) is 4.37. The lowest BCUT2D eigenvalue weighted by molar-refractivity contribution is -0.0123. The molecule has 0 aliphatic heterocycles. The Bertz CT molecular complexity index is 382. The van der Waals surface area contributed by atoms with Gasteiger partial charge >= 0.3 is 0 Å². The van der Waals surface area contributed by atoms with E-state index in [1.165, 1.54) is 11.3 Å². The number of hydrogen-bond acceptors (Lipinski definition) is 3. The van der Waals surface area contributed by atoms with E-state index >= 15 is 0 Å². The molecular weight excluding hydrogens is 224 g/mol. The van der Waals surface area contributed by atoms with Gasteiger partial charge in [0.15, 0.2) is 0 Å². The van der Waals surface area contributed by atoms with E-state index in [0.29, 0.717) is 12.6 Å². The maximum atomic E-state index is 5.98. The lowest BCUT2D eigenvalue weighted by Gasteiger charge is -2.53. The molecule has 0 unspecified atom stereocenters. The molecule has 18 heavy (non-hydrogen) atoms. The summed E-state index contributed by atoms with van der Waals surface area (Å²) in [6.07, 6.45) is 3.49. The van der Waals surface area contributed by atoms with Crippen molar-refractivity contribution in [2.75, 3.05) is 25.6 Å². The maximum Gasteiger partial charge on any atom is 0.0617 e. The first-order valence-corrected chi connectivity index (χ1v) is 6.71. The van der Waals surface area contributed by atoms with Crippen LogP contribution in [-0.2, 0) is 11.2 Å². The summed E-state index contributed by atoms with van der Waals surface area (Å²) in [6, 6.07) is 8.78. The van der Waals surface area contributed by atoms with Gasteiger partial charge in [0.05, 0.1) is 11.6 Å². The van der Waals surface area contributed by atoms with Crippen molar-refractivity contribution in [3.63, 3.8) is 0 Å². The molecular formula is C15H24N2O. The molecule has 3 heteroatoms. The number of methoxy groups -OCH3 is 1. The molecule has 1 aromatic rings. The summed E-state index contributed by atoms with van der Waals surface area (Å²) < 4.78 is 5.38. The van der Waals surface area contributed by atoms with Gasteiger partial charge in [-0.1, -0.05) is 19.1 Å². The third-order valence-electron chi connectivity index (χ3n) is 4.37. The largest absolute Gasteiger partial charge is 0.381 e. The van der Waals surface area contributed by atoms with Crippen LogP contribution in [0.5, 0.6) is 0 Å². The monoisotopic (exact) mass is 248 g/mol. The Morgan fingerprint density at radius 3 is 2.39 bits per heavy atom. The first kappa shape index (κ1) is 13.4. The molecule has 0 heterocycles. The second kappa shape index (κ2) is 5.29. The van der Waals surface area contributed by atoms with Gasteiger partial charge in [0, 0.05) is 26.4 Å². The van der Waals surface area contributed by atoms with E-state index in [0.717, 1.165) is 19.3 Å². The van der Waals surface area contributed by atoms with Crippen molar-refractivity contribution in [3.8, 4) is 0 Å². The first-order valence-electron chi connectivity index (χ1n) is 6.71. The van der Waals surface area contributed by atoms with E-state index in [1.807, 2.05) is 0 Å². The van der Waals surface area contributed by atoms with Crippen molar-refractivity contribution < 1.29 is 4.74 Å². The van der Waals surface area contributed by atoms with Crippen molar-refractivity contribution in [3.05, 3.63) is 29.8 Å². The number of aryl methyl sites for hydroxylation is 1. The van der Waals surface area contributed by atoms with Gasteiger partial charge in [0.2, 0.25) is 0 Å². The van der Waals surface area contributed by atoms with E-state index < -0.39 is 0 Å². The van der Waals surface area contributed by atoms with E-state index in [2.05, 4.69) is 43.1 Å². The lowest BCUT2D eigenvalue weighted by atomic mass is 9.72. The molecule has 0 amide bonds. The highest BCUT2D eigenvalue weighted by Gasteiger charge is 2.46. The van der Waals surface area contributed by atoms with Crippen molar-refractivity contribution in [2.24, 2.45) is 5.73 Å². The van der Waals surface area contributed by atoms with Gasteiger partial charge in [0.25, 0.3) is 0 Å². The Labute approximate surface area is 110 Å². The lowest BCUT2D eigenvalue weighted by Crippen LogP contribution is -2.63. The number of likely N-dealkylation sites (N-methyl/N-ethyl adjacent to an activating group) is 1. The van der Waals surface area contributed by atoms with E-state index in [4.69, 9.17) is 10.5 Å². The fourth-order valence-electron chi connectivity index (χ4n) is 2.76. The Morgan fingerprint density at radius 1 is 1.33 bits per heavy atom. The summed E-state index contributed by atoms with van der Waals surface area (Å²) in [7, 11) is 3.92. The number of ether oxygens (including phenoxy) is 1. The highest BCUT2D eigenvalue weighted by atomic mass is 16.5. The molecule has 0 radical (unpaired) electrons. The zero-order valence-corrected chi connectivity index (χ0v) is 11.6. The van der Waals surface area contributed by atoms with Crippen molar-refractivity contribution in [1.29, 1.82) is 0 Å². The number of hydrogen-bond donors (Lipinski definition) is 1. The standard InChI is InChI=1S/C15H24N2O/c1-4-12-5-7-13(8-6-12)17(2)15(11-16)9-14(10-15)18-3/h5-8,14H,4,9-11,16H2,1-3H3. The average Bonchev–Trinajstić information content (AvgIpc) is 2.38. The molecule has 0 spiro atoms. The van der Waals surface area contributed by atoms with Gasteiger partial charge in [-0.15, -0.1) is 0 Å². The minimum absolute atomic E-state index is 0.0778. The van der Waals surface area contributed by atoms with E-state index in [9.17, 15) is 0 Å². The minimum Gasteiger partial charge on any atom is -0.381 e. The average molecular weight is 248 g/mol. The molecule has 3 nitrogen and oxygen atoms in total. The zero-order chi connectivity index (χ0) is 13.2. The van der Waals surface area contributed by atoms with Crippen LogP contribution in [0.15, 0.2) is 24.3 Å². The van der Waals surface area contributed by atoms with Gasteiger partial charge in [-0.3, -0.25) is 0 Å². The van der Waals surface area contributed by atoms with Crippen LogP contribution in [0, 0.1) is 0 Å². The first-order chi connectivity index (χ1) is 8.65. The van der Waals surface area contributed by atoms with Gasteiger partial charge in [0.1, 0.15) is 0 Å². The second-order valence-corrected chi connectivity index (χ2v) is 5.27. The number of nitrogens with zero attached hydrogens (tertiary/aromatic N) is 1. The molecule has 1 aromatic carbocycles. The third kappa shape index (κ3) is 2.25. The summed E-state index contributed by atoms with van der Waals surface area (Å²) in [6.45, 7) is 2.86. The number of nitrogens with two attached hydrogens (primary N) is 1. The zero-order valence-electron chi connectivity index (χ0n) is 11.6. The van der Waals surface area contributed by atoms with Crippen LogP contribution in [0.2, 0.25) is 0 Å². The van der Waals surface area contributed by atoms with Gasteiger partial charge in [-0.2, -0.15) is 0 Å². The van der Waals surface area contributed by atoms with E-state index in [1.54, 1.807) is 7.11 Å². The van der Waals surface area contributed by atoms with Crippen LogP contribution in [0.3, 0.4) is 0 Å². The van der Waals surface area contributed by atoms with E-state index in [-0.39, 0.29) is 5.54 Å². The highest BCUT2D eigenvalue weighted by Crippen LogP contribution is 2.40. The second-order valence-electron chi connectivity index (χ2n) is 5.27. The van der Waals surface area contributed by atoms with Gasteiger partial charge in [-0.25, -0.2) is 0 Å². The molecule has 1 aliphatic carbocycles. The minimum atomic E-state index is 0.0778. The fraction of sp³-hybridized carbons (Fsp3) is 0.600. The molecule has 0 bridgehead atoms. The molecule has 1 saturated carbocycles. The summed E-state index contributed by atoms with van der Waals surface area (Å²) in [5.41, 5.74) is 8.68. The summed E-state index contributed by atoms with van der Waals surface area (Å²) >= 11 is 0. The van der Waals surface area contributed by atoms with Crippen LogP contribution in [0.4, 0.5) is 5.69 Å². The molecule has 2 N–H and O–H groups in total. The van der Waals surface area contributed by atoms with Crippen LogP contribution in [-0.4, -0.2) is 32.3 Å². The quantitative estimate of drug-likeness (QED) is 0.868. The number of benzene rings is 1. The van der Waals surface area contributed by atoms with Gasteiger partial charge in [-0.05, 0) is 37.0 Å². The highest BCUT2D eigenvalue weighted by molar-refractivity contribution is 5.50. The summed E-state index contributed by atoms with van der Waals surface area (Å²) in [5.74, 6) is 0. The van der Waals surface area contributed by atoms with Crippen molar-refractivity contribution in [2.45, 2.75) is 37.8 Å². The number of anilines is 1. The molecule has 0 saturated heterocycles. The number of rotatable bonds is 5. The molecule has 0 atom stereocenters. The fourth-order valence-corrected chi connectivity index (χ4v) is 2.76. The molecule has 2 rings (SSSR count). The van der Waals surface area contributed by atoms with Crippen LogP contribution >= 0.6 is 0 Å². The van der Waals surface area contributed by atoms with Crippen molar-refractivity contribution in [1.82, 2.24) is 0 Å². The Morgan fingerprint density at radius 2 is 1.94 bits per heavy atom. The summed E-state index contributed by atoms with van der Waals surface area (Å²) in [5, 5.41) is 0. The normalized spacial score (nSPS) is 26.8. The Hall–Kier alpha value is -1.06. The topological polar surface area (TPSA) is 38.5 Å². The van der Waals surface area contributed by atoms with Gasteiger partial charge < -0.3 is 15.4 Å². The molecule has 1 fully saturated rings. The Balaban J connectivity index is 2.11.